The molecule has 0 aliphatic carbocycles. The van der Waals surface area contributed by atoms with Crippen LogP contribution in [-0.4, -0.2) is 34.8 Å². The molecule has 134 valence electrons. The lowest BCUT2D eigenvalue weighted by Gasteiger charge is -2.14. The minimum atomic E-state index is -1.04. The number of carboxylic acid groups (broad SMARTS) is 1. The first-order chi connectivity index (χ1) is 11.9. The summed E-state index contributed by atoms with van der Waals surface area (Å²) in [6, 6.07) is 5.58. The number of aliphatic carboxylic acids is 1. The van der Waals surface area contributed by atoms with Gasteiger partial charge in [-0.15, -0.1) is 0 Å². The fourth-order valence-corrected chi connectivity index (χ4v) is 4.20. The standard InChI is InChI=1S/C17H18BrNO4S2/c1-23-13-7-6-11(9-12(13)18)10-14-16(22)19(17(24)25-14)8-4-2-3-5-15(20)21/h6-7,9-10H,2-5,8H2,1H3,(H,20,21)/p-1. The number of rotatable bonds is 8. The van der Waals surface area contributed by atoms with Gasteiger partial charge in [0.2, 0.25) is 0 Å². The summed E-state index contributed by atoms with van der Waals surface area (Å²) >= 11 is 10.00. The van der Waals surface area contributed by atoms with Crippen LogP contribution in [0.15, 0.2) is 27.6 Å². The van der Waals surface area contributed by atoms with Gasteiger partial charge in [-0.2, -0.15) is 0 Å². The molecule has 1 aliphatic rings. The second kappa shape index (κ2) is 9.35. The van der Waals surface area contributed by atoms with Gasteiger partial charge in [-0.25, -0.2) is 0 Å². The number of thioether (sulfide) groups is 1. The monoisotopic (exact) mass is 442 g/mol. The Morgan fingerprint density at radius 1 is 1.40 bits per heavy atom. The lowest BCUT2D eigenvalue weighted by atomic mass is 10.2. The largest absolute Gasteiger partial charge is 0.550 e. The van der Waals surface area contributed by atoms with Gasteiger partial charge < -0.3 is 14.6 Å². The fraction of sp³-hybridized carbons (Fsp3) is 0.353. The Bertz CT molecular complexity index is 721. The molecule has 25 heavy (non-hydrogen) atoms. The van der Waals surface area contributed by atoms with E-state index in [1.165, 1.54) is 11.8 Å². The number of carbonyl (C=O) groups excluding carboxylic acids is 2. The summed E-state index contributed by atoms with van der Waals surface area (Å²) in [5.74, 6) is -0.428. The van der Waals surface area contributed by atoms with E-state index in [1.807, 2.05) is 18.2 Å². The number of nitrogens with zero attached hydrogens (tertiary/aromatic N) is 1. The van der Waals surface area contributed by atoms with Crippen LogP contribution in [0.4, 0.5) is 0 Å². The summed E-state index contributed by atoms with van der Waals surface area (Å²) in [5, 5.41) is 10.4. The summed E-state index contributed by atoms with van der Waals surface area (Å²) in [7, 11) is 1.60. The molecule has 0 aromatic heterocycles. The first kappa shape index (κ1) is 19.9. The molecule has 0 unspecified atom stereocenters. The van der Waals surface area contributed by atoms with Crippen LogP contribution in [0.25, 0.3) is 6.08 Å². The van der Waals surface area contributed by atoms with Gasteiger partial charge >= 0.3 is 0 Å². The van der Waals surface area contributed by atoms with E-state index in [0.29, 0.717) is 28.6 Å². The van der Waals surface area contributed by atoms with Crippen molar-refractivity contribution in [2.24, 2.45) is 0 Å². The van der Waals surface area contributed by atoms with Crippen LogP contribution in [-0.2, 0) is 9.59 Å². The van der Waals surface area contributed by atoms with Crippen LogP contribution in [0, 0.1) is 0 Å². The Labute approximate surface area is 164 Å². The lowest BCUT2D eigenvalue weighted by molar-refractivity contribution is -0.305. The number of hydrogen-bond donors (Lipinski definition) is 0. The van der Waals surface area contributed by atoms with Crippen LogP contribution in [0.2, 0.25) is 0 Å². The number of hydrogen-bond acceptors (Lipinski definition) is 6. The van der Waals surface area contributed by atoms with Crippen molar-refractivity contribution in [1.29, 1.82) is 0 Å². The van der Waals surface area contributed by atoms with Gasteiger partial charge in [0.05, 0.1) is 16.5 Å². The molecule has 8 heteroatoms. The lowest BCUT2D eigenvalue weighted by Crippen LogP contribution is -2.29. The minimum Gasteiger partial charge on any atom is -0.550 e. The number of unbranched alkanes of at least 4 members (excludes halogenated alkanes) is 2. The Kier molecular flexibility index (Phi) is 7.46. The molecule has 1 aromatic carbocycles. The number of amides is 1. The Balaban J connectivity index is 1.97. The highest BCUT2D eigenvalue weighted by Gasteiger charge is 2.31. The summed E-state index contributed by atoms with van der Waals surface area (Å²) < 4.78 is 6.54. The van der Waals surface area contributed by atoms with Crippen molar-refractivity contribution in [2.45, 2.75) is 25.7 Å². The summed E-state index contributed by atoms with van der Waals surface area (Å²) in [6.45, 7) is 0.501. The topological polar surface area (TPSA) is 69.7 Å². The third kappa shape index (κ3) is 5.55. The fourth-order valence-electron chi connectivity index (χ4n) is 2.33. The predicted octanol–water partition coefficient (Wildman–Crippen LogP) is 2.97. The van der Waals surface area contributed by atoms with E-state index < -0.39 is 5.97 Å². The van der Waals surface area contributed by atoms with Crippen molar-refractivity contribution in [1.82, 2.24) is 4.90 Å². The number of methoxy groups -OCH3 is 1. The molecule has 5 nitrogen and oxygen atoms in total. The van der Waals surface area contributed by atoms with E-state index in [4.69, 9.17) is 17.0 Å². The van der Waals surface area contributed by atoms with Crippen molar-refractivity contribution in [2.75, 3.05) is 13.7 Å². The summed E-state index contributed by atoms with van der Waals surface area (Å²) in [6.07, 6.45) is 3.83. The highest BCUT2D eigenvalue weighted by atomic mass is 79.9. The van der Waals surface area contributed by atoms with Crippen LogP contribution in [0.3, 0.4) is 0 Å². The molecule has 1 heterocycles. The van der Waals surface area contributed by atoms with Crippen molar-refractivity contribution < 1.29 is 19.4 Å². The normalized spacial score (nSPS) is 15.9. The molecule has 1 aliphatic heterocycles. The Hall–Kier alpha value is -1.38. The molecule has 0 saturated carbocycles. The number of ether oxygens (including phenoxy) is 1. The highest BCUT2D eigenvalue weighted by molar-refractivity contribution is 9.10. The van der Waals surface area contributed by atoms with E-state index in [-0.39, 0.29) is 12.3 Å². The van der Waals surface area contributed by atoms with Gasteiger partial charge in [-0.1, -0.05) is 36.5 Å². The molecule has 1 fully saturated rings. The van der Waals surface area contributed by atoms with Gasteiger partial charge in [0, 0.05) is 12.5 Å². The zero-order valence-corrected chi connectivity index (χ0v) is 16.8. The molecule has 1 aromatic rings. The van der Waals surface area contributed by atoms with E-state index in [1.54, 1.807) is 18.1 Å². The van der Waals surface area contributed by atoms with Gasteiger partial charge in [0.1, 0.15) is 10.1 Å². The SMILES string of the molecule is COc1ccc(C=C2SC(=S)N(CCCCCC(=O)[O-])C2=O)cc1Br. The third-order valence-corrected chi connectivity index (χ3v) is 5.61. The molecular weight excluding hydrogens is 426 g/mol. The van der Waals surface area contributed by atoms with E-state index in [0.717, 1.165) is 22.2 Å². The van der Waals surface area contributed by atoms with Crippen molar-refractivity contribution >= 4 is 62.2 Å². The first-order valence-corrected chi connectivity index (χ1v) is 9.73. The van der Waals surface area contributed by atoms with Crippen LogP contribution >= 0.6 is 39.9 Å². The maximum Gasteiger partial charge on any atom is 0.266 e. The molecule has 2 rings (SSSR count). The molecule has 1 saturated heterocycles. The zero-order valence-electron chi connectivity index (χ0n) is 13.6. The molecule has 0 atom stereocenters. The molecule has 0 spiro atoms. The number of carboxylic acids is 1. The molecular formula is C17H17BrNO4S2-. The van der Waals surface area contributed by atoms with Crippen LogP contribution in [0.1, 0.15) is 31.2 Å². The second-order valence-corrected chi connectivity index (χ2v) is 7.94. The maximum absolute atomic E-state index is 12.5. The van der Waals surface area contributed by atoms with Gasteiger partial charge in [-0.05, 0) is 59.0 Å². The van der Waals surface area contributed by atoms with E-state index >= 15 is 0 Å². The molecule has 0 N–H and O–H groups in total. The van der Waals surface area contributed by atoms with E-state index in [9.17, 15) is 14.7 Å². The number of halogens is 1. The summed E-state index contributed by atoms with van der Waals surface area (Å²) in [4.78, 5) is 25.0. The Morgan fingerprint density at radius 2 is 2.16 bits per heavy atom. The van der Waals surface area contributed by atoms with Crippen molar-refractivity contribution in [3.63, 3.8) is 0 Å². The molecule has 0 radical (unpaired) electrons. The number of thiocarbonyl (C=S) groups is 1. The Morgan fingerprint density at radius 3 is 2.80 bits per heavy atom. The van der Waals surface area contributed by atoms with Crippen LogP contribution in [0.5, 0.6) is 5.75 Å². The zero-order chi connectivity index (χ0) is 18.4. The molecule has 0 bridgehead atoms. The van der Waals surface area contributed by atoms with Gasteiger partial charge in [0.15, 0.2) is 0 Å². The van der Waals surface area contributed by atoms with E-state index in [2.05, 4.69) is 15.9 Å². The van der Waals surface area contributed by atoms with Crippen LogP contribution < -0.4 is 9.84 Å². The smallest absolute Gasteiger partial charge is 0.266 e. The quantitative estimate of drug-likeness (QED) is 0.350. The number of benzene rings is 1. The third-order valence-electron chi connectivity index (χ3n) is 3.61. The average molecular weight is 443 g/mol. The first-order valence-electron chi connectivity index (χ1n) is 7.71. The highest BCUT2D eigenvalue weighted by Crippen LogP contribution is 2.34. The van der Waals surface area contributed by atoms with Gasteiger partial charge in [0.25, 0.3) is 5.91 Å². The van der Waals surface area contributed by atoms with Crippen molar-refractivity contribution in [3.05, 3.63) is 33.1 Å². The second-order valence-electron chi connectivity index (χ2n) is 5.41. The minimum absolute atomic E-state index is 0.0463. The van der Waals surface area contributed by atoms with Gasteiger partial charge in [-0.3, -0.25) is 9.69 Å². The summed E-state index contributed by atoms with van der Waals surface area (Å²) in [5.41, 5.74) is 0.877. The van der Waals surface area contributed by atoms with Crippen molar-refractivity contribution in [3.8, 4) is 5.75 Å². The average Bonchev–Trinajstić information content (AvgIpc) is 2.81. The number of carbonyl (C=O) groups is 2. The maximum atomic E-state index is 12.5. The predicted molar refractivity (Wildman–Crippen MR) is 104 cm³/mol. The molecule has 1 amide bonds.